The number of hydrogen-bond acceptors (Lipinski definition) is 5. The van der Waals surface area contributed by atoms with Gasteiger partial charge >= 0.3 is 5.97 Å². The largest absolute Gasteiger partial charge is 0.495 e. The fraction of sp³-hybridized carbons (Fsp3) is 0.222. The number of halogens is 1. The van der Waals surface area contributed by atoms with Crippen LogP contribution in [0.3, 0.4) is 0 Å². The molecule has 0 aliphatic rings. The molecule has 0 unspecified atom stereocenters. The van der Waals surface area contributed by atoms with Crippen molar-refractivity contribution in [1.82, 2.24) is 0 Å². The van der Waals surface area contributed by atoms with Crippen LogP contribution in [0.25, 0.3) is 0 Å². The summed E-state index contributed by atoms with van der Waals surface area (Å²) in [5.41, 5.74) is -0.209. The molecule has 1 aromatic rings. The van der Waals surface area contributed by atoms with Gasteiger partial charge < -0.3 is 9.47 Å². The Morgan fingerprint density at radius 3 is 2.50 bits per heavy atom. The topological polar surface area (TPSA) is 78.7 Å². The van der Waals surface area contributed by atoms with Gasteiger partial charge in [-0.05, 0) is 15.9 Å². The first-order valence-electron chi connectivity index (χ1n) is 4.11. The predicted molar refractivity (Wildman–Crippen MR) is 58.7 cm³/mol. The second-order valence-corrected chi connectivity index (χ2v) is 3.61. The summed E-state index contributed by atoms with van der Waals surface area (Å²) in [7, 11) is 2.55. The summed E-state index contributed by atoms with van der Waals surface area (Å²) in [6, 6.07) is 2.36. The Morgan fingerprint density at radius 1 is 1.44 bits per heavy atom. The third kappa shape index (κ3) is 2.30. The van der Waals surface area contributed by atoms with Crippen LogP contribution in [0, 0.1) is 10.1 Å². The Labute approximate surface area is 99.4 Å². The Morgan fingerprint density at radius 2 is 2.06 bits per heavy atom. The third-order valence-electron chi connectivity index (χ3n) is 1.85. The van der Waals surface area contributed by atoms with Crippen LogP contribution in [0.15, 0.2) is 16.6 Å². The van der Waals surface area contributed by atoms with Gasteiger partial charge in [0.1, 0.15) is 11.3 Å². The van der Waals surface area contributed by atoms with Crippen molar-refractivity contribution in [3.05, 3.63) is 32.3 Å². The molecule has 0 amide bonds. The van der Waals surface area contributed by atoms with E-state index in [1.807, 2.05) is 0 Å². The van der Waals surface area contributed by atoms with E-state index in [2.05, 4.69) is 20.7 Å². The summed E-state index contributed by atoms with van der Waals surface area (Å²) in [6.45, 7) is 0. The monoisotopic (exact) mass is 289 g/mol. The number of rotatable bonds is 3. The van der Waals surface area contributed by atoms with Gasteiger partial charge in [-0.1, -0.05) is 0 Å². The molecule has 1 aromatic carbocycles. The molecule has 16 heavy (non-hydrogen) atoms. The first-order valence-corrected chi connectivity index (χ1v) is 4.90. The van der Waals surface area contributed by atoms with Crippen LogP contribution in [0.5, 0.6) is 5.75 Å². The van der Waals surface area contributed by atoms with Gasteiger partial charge in [0.2, 0.25) is 0 Å². The molecule has 0 N–H and O–H groups in total. The van der Waals surface area contributed by atoms with Gasteiger partial charge in [-0.2, -0.15) is 0 Å². The highest BCUT2D eigenvalue weighted by Gasteiger charge is 2.21. The van der Waals surface area contributed by atoms with Crippen molar-refractivity contribution in [2.24, 2.45) is 0 Å². The van der Waals surface area contributed by atoms with Crippen molar-refractivity contribution in [1.29, 1.82) is 0 Å². The lowest BCUT2D eigenvalue weighted by atomic mass is 10.2. The number of nitro benzene ring substituents is 1. The molecule has 0 heterocycles. The Hall–Kier alpha value is -1.63. The zero-order valence-corrected chi connectivity index (χ0v) is 10.1. The first-order chi connectivity index (χ1) is 7.51. The van der Waals surface area contributed by atoms with Crippen molar-refractivity contribution in [2.45, 2.75) is 0 Å². The molecule has 0 atom stereocenters. The molecule has 0 radical (unpaired) electrons. The van der Waals surface area contributed by atoms with Crippen LogP contribution < -0.4 is 4.74 Å². The molecule has 7 heteroatoms. The lowest BCUT2D eigenvalue weighted by Gasteiger charge is -2.08. The van der Waals surface area contributed by atoms with Crippen LogP contribution in [-0.2, 0) is 4.74 Å². The van der Waals surface area contributed by atoms with E-state index >= 15 is 0 Å². The molecule has 0 aliphatic carbocycles. The minimum Gasteiger partial charge on any atom is -0.495 e. The quantitative estimate of drug-likeness (QED) is 0.484. The van der Waals surface area contributed by atoms with Crippen molar-refractivity contribution < 1.29 is 19.2 Å². The number of methoxy groups -OCH3 is 2. The number of carbonyl (C=O) groups is 1. The summed E-state index contributed by atoms with van der Waals surface area (Å²) in [5.74, 6) is -0.487. The Kier molecular flexibility index (Phi) is 3.83. The molecule has 0 saturated carbocycles. The van der Waals surface area contributed by atoms with Crippen molar-refractivity contribution in [3.63, 3.8) is 0 Å². The number of non-ortho nitro benzene ring substituents is 1. The summed E-state index contributed by atoms with van der Waals surface area (Å²) >= 11 is 3.09. The predicted octanol–water partition coefficient (Wildman–Crippen LogP) is 2.15. The number of nitrogens with zero attached hydrogens (tertiary/aromatic N) is 1. The highest BCUT2D eigenvalue weighted by Crippen LogP contribution is 2.33. The van der Waals surface area contributed by atoms with E-state index in [1.165, 1.54) is 20.3 Å². The summed E-state index contributed by atoms with van der Waals surface area (Å²) < 4.78 is 9.79. The van der Waals surface area contributed by atoms with Gasteiger partial charge in [0.15, 0.2) is 0 Å². The summed E-state index contributed by atoms with van der Waals surface area (Å²) in [6.07, 6.45) is 0. The maximum atomic E-state index is 11.4. The molecule has 0 saturated heterocycles. The Bertz CT molecular complexity index is 446. The fourth-order valence-corrected chi connectivity index (χ4v) is 1.76. The van der Waals surface area contributed by atoms with Gasteiger partial charge in [0.05, 0.1) is 23.6 Å². The first kappa shape index (κ1) is 12.4. The number of ether oxygens (including phenoxy) is 2. The minimum atomic E-state index is -0.693. The molecule has 6 nitrogen and oxygen atoms in total. The lowest BCUT2D eigenvalue weighted by molar-refractivity contribution is -0.385. The number of carbonyl (C=O) groups excluding carboxylic acids is 1. The third-order valence-corrected chi connectivity index (χ3v) is 2.44. The van der Waals surface area contributed by atoms with E-state index in [0.717, 1.165) is 6.07 Å². The number of nitro groups is 1. The molecular weight excluding hydrogens is 282 g/mol. The minimum absolute atomic E-state index is 0.00563. The maximum Gasteiger partial charge on any atom is 0.341 e. The highest BCUT2D eigenvalue weighted by atomic mass is 79.9. The highest BCUT2D eigenvalue weighted by molar-refractivity contribution is 9.10. The average molecular weight is 290 g/mol. The molecule has 0 aliphatic heterocycles. The second-order valence-electron chi connectivity index (χ2n) is 2.76. The summed E-state index contributed by atoms with van der Waals surface area (Å²) in [4.78, 5) is 21.4. The molecule has 0 aromatic heterocycles. The SMILES string of the molecule is COC(=O)c1cc([N+](=O)[O-])cc(Br)c1OC. The van der Waals surface area contributed by atoms with Gasteiger partial charge in [-0.25, -0.2) is 4.79 Å². The molecule has 0 bridgehead atoms. The molecule has 1 rings (SSSR count). The van der Waals surface area contributed by atoms with Crippen molar-refractivity contribution in [3.8, 4) is 5.75 Å². The molecular formula is C9H8BrNO5. The zero-order chi connectivity index (χ0) is 12.3. The zero-order valence-electron chi connectivity index (χ0n) is 8.52. The van der Waals surface area contributed by atoms with Crippen molar-refractivity contribution in [2.75, 3.05) is 14.2 Å². The van der Waals surface area contributed by atoms with Crippen LogP contribution in [-0.4, -0.2) is 25.1 Å². The van der Waals surface area contributed by atoms with Crippen LogP contribution in [0.1, 0.15) is 10.4 Å². The second kappa shape index (κ2) is 4.93. The number of esters is 1. The average Bonchev–Trinajstić information content (AvgIpc) is 2.26. The van der Waals surface area contributed by atoms with Crippen molar-refractivity contribution >= 4 is 27.6 Å². The van der Waals surface area contributed by atoms with E-state index in [4.69, 9.17) is 4.74 Å². The smallest absolute Gasteiger partial charge is 0.341 e. The number of hydrogen-bond donors (Lipinski definition) is 0. The molecule has 0 fully saturated rings. The standard InChI is InChI=1S/C9H8BrNO5/c1-15-8-6(9(12)16-2)3-5(11(13)14)4-7(8)10/h3-4H,1-2H3. The van der Waals surface area contributed by atoms with Gasteiger partial charge in [0, 0.05) is 12.1 Å². The van der Waals surface area contributed by atoms with E-state index in [9.17, 15) is 14.9 Å². The van der Waals surface area contributed by atoms with Crippen LogP contribution in [0.4, 0.5) is 5.69 Å². The van der Waals surface area contributed by atoms with Crippen LogP contribution in [0.2, 0.25) is 0 Å². The number of benzene rings is 1. The summed E-state index contributed by atoms with van der Waals surface area (Å²) in [5, 5.41) is 10.6. The lowest BCUT2D eigenvalue weighted by Crippen LogP contribution is -2.05. The van der Waals surface area contributed by atoms with E-state index < -0.39 is 10.9 Å². The van der Waals surface area contributed by atoms with Crippen LogP contribution >= 0.6 is 15.9 Å². The van der Waals surface area contributed by atoms with Gasteiger partial charge in [0.25, 0.3) is 5.69 Å². The fourth-order valence-electron chi connectivity index (χ4n) is 1.15. The van der Waals surface area contributed by atoms with E-state index in [1.54, 1.807) is 0 Å². The molecule has 86 valence electrons. The van der Waals surface area contributed by atoms with Gasteiger partial charge in [-0.15, -0.1) is 0 Å². The van der Waals surface area contributed by atoms with Gasteiger partial charge in [-0.3, -0.25) is 10.1 Å². The van der Waals surface area contributed by atoms with E-state index in [0.29, 0.717) is 4.47 Å². The molecule has 0 spiro atoms. The Balaban J connectivity index is 3.42. The van der Waals surface area contributed by atoms with E-state index in [-0.39, 0.29) is 17.0 Å². The maximum absolute atomic E-state index is 11.4. The normalized spacial score (nSPS) is 9.69.